The van der Waals surface area contributed by atoms with Crippen LogP contribution in [0.4, 0.5) is 4.39 Å². The third-order valence-electron chi connectivity index (χ3n) is 6.97. The van der Waals surface area contributed by atoms with Crippen LogP contribution < -0.4 is 0 Å². The summed E-state index contributed by atoms with van der Waals surface area (Å²) in [5, 5.41) is 0. The number of halogens is 1. The van der Waals surface area contributed by atoms with E-state index in [-0.39, 0.29) is 17.8 Å². The molecule has 2 aromatic rings. The predicted octanol–water partition coefficient (Wildman–Crippen LogP) is 3.60. The van der Waals surface area contributed by atoms with Gasteiger partial charge in [-0.05, 0) is 69.7 Å². The lowest BCUT2D eigenvalue weighted by molar-refractivity contribution is -0.148. The zero-order valence-corrected chi connectivity index (χ0v) is 18.1. The summed E-state index contributed by atoms with van der Waals surface area (Å²) < 4.78 is 13.4. The molecule has 4 rings (SSSR count). The van der Waals surface area contributed by atoms with Crippen molar-refractivity contribution in [1.82, 2.24) is 14.7 Å². The molecule has 0 radical (unpaired) electrons. The van der Waals surface area contributed by atoms with E-state index in [2.05, 4.69) is 53.1 Å². The van der Waals surface area contributed by atoms with Gasteiger partial charge in [0.05, 0.1) is 11.5 Å². The standard InChI is InChI=1S/C25H32FN3O/c1-27-14-12-25(13-15-27,18-20-8-10-22(26)11-9-20)24(30)29-17-16-28(2)23(19-29)21-6-4-3-5-7-21/h3-11,23H,12-19H2,1-2H3/t23-/m1/s1. The van der Waals surface area contributed by atoms with Gasteiger partial charge in [-0.3, -0.25) is 9.69 Å². The van der Waals surface area contributed by atoms with Crippen molar-refractivity contribution in [2.24, 2.45) is 5.41 Å². The van der Waals surface area contributed by atoms with Gasteiger partial charge in [0.25, 0.3) is 0 Å². The number of likely N-dealkylation sites (N-methyl/N-ethyl adjacent to an activating group) is 1. The van der Waals surface area contributed by atoms with E-state index in [1.165, 1.54) is 17.7 Å². The smallest absolute Gasteiger partial charge is 0.229 e. The van der Waals surface area contributed by atoms with Crippen molar-refractivity contribution in [1.29, 1.82) is 0 Å². The lowest BCUT2D eigenvalue weighted by atomic mass is 9.72. The number of hydrogen-bond donors (Lipinski definition) is 0. The number of piperazine rings is 1. The largest absolute Gasteiger partial charge is 0.339 e. The van der Waals surface area contributed by atoms with Crippen LogP contribution in [0.2, 0.25) is 0 Å². The van der Waals surface area contributed by atoms with E-state index in [1.54, 1.807) is 0 Å². The van der Waals surface area contributed by atoms with E-state index < -0.39 is 5.41 Å². The van der Waals surface area contributed by atoms with Crippen molar-refractivity contribution < 1.29 is 9.18 Å². The Labute approximate surface area is 179 Å². The molecule has 0 saturated carbocycles. The summed E-state index contributed by atoms with van der Waals surface area (Å²) in [5.41, 5.74) is 1.90. The molecule has 2 heterocycles. The number of rotatable bonds is 4. The Morgan fingerprint density at radius 1 is 0.967 bits per heavy atom. The fraction of sp³-hybridized carbons (Fsp3) is 0.480. The molecule has 2 saturated heterocycles. The Balaban J connectivity index is 1.57. The van der Waals surface area contributed by atoms with Gasteiger partial charge in [0.2, 0.25) is 5.91 Å². The van der Waals surface area contributed by atoms with Crippen LogP contribution in [0.5, 0.6) is 0 Å². The predicted molar refractivity (Wildman–Crippen MR) is 118 cm³/mol. The number of carbonyl (C=O) groups excluding carboxylic acids is 1. The van der Waals surface area contributed by atoms with Crippen LogP contribution in [-0.2, 0) is 11.2 Å². The molecule has 0 spiro atoms. The summed E-state index contributed by atoms with van der Waals surface area (Å²) in [6.45, 7) is 4.20. The SMILES string of the molecule is CN1CCC(Cc2ccc(F)cc2)(C(=O)N2CCN(C)[C@@H](c3ccccc3)C2)CC1. The summed E-state index contributed by atoms with van der Waals surface area (Å²) in [4.78, 5) is 20.7. The van der Waals surface area contributed by atoms with Gasteiger partial charge in [0, 0.05) is 19.6 Å². The van der Waals surface area contributed by atoms with Crippen LogP contribution >= 0.6 is 0 Å². The van der Waals surface area contributed by atoms with Crippen LogP contribution in [0.3, 0.4) is 0 Å². The summed E-state index contributed by atoms with van der Waals surface area (Å²) in [7, 11) is 4.26. The lowest BCUT2D eigenvalue weighted by Gasteiger charge is -2.46. The maximum Gasteiger partial charge on any atom is 0.229 e. The third kappa shape index (κ3) is 4.42. The Bertz CT molecular complexity index is 846. The molecule has 2 aliphatic rings. The summed E-state index contributed by atoms with van der Waals surface area (Å²) >= 11 is 0. The highest BCUT2D eigenvalue weighted by Gasteiger charge is 2.44. The average molecular weight is 410 g/mol. The minimum atomic E-state index is -0.401. The van der Waals surface area contributed by atoms with Crippen molar-refractivity contribution in [2.75, 3.05) is 46.8 Å². The number of piperidine rings is 1. The number of hydrogen-bond acceptors (Lipinski definition) is 3. The first kappa shape index (κ1) is 21.0. The van der Waals surface area contributed by atoms with E-state index >= 15 is 0 Å². The molecule has 0 bridgehead atoms. The Kier molecular flexibility index (Phi) is 6.21. The van der Waals surface area contributed by atoms with E-state index in [1.807, 2.05) is 18.2 Å². The zero-order chi connectivity index (χ0) is 21.1. The molecular weight excluding hydrogens is 377 g/mol. The number of nitrogens with zero attached hydrogens (tertiary/aromatic N) is 3. The number of benzene rings is 2. The molecule has 30 heavy (non-hydrogen) atoms. The molecule has 2 aromatic carbocycles. The Hall–Kier alpha value is -2.24. The van der Waals surface area contributed by atoms with E-state index in [0.29, 0.717) is 6.42 Å². The molecule has 2 aliphatic heterocycles. The number of carbonyl (C=O) groups is 1. The number of likely N-dealkylation sites (tertiary alicyclic amines) is 1. The maximum absolute atomic E-state index is 14.0. The molecule has 1 atom stereocenters. The fourth-order valence-electron chi connectivity index (χ4n) is 4.93. The summed E-state index contributed by atoms with van der Waals surface area (Å²) in [6.07, 6.45) is 2.38. The Morgan fingerprint density at radius 3 is 2.30 bits per heavy atom. The van der Waals surface area contributed by atoms with Gasteiger partial charge < -0.3 is 9.80 Å². The third-order valence-corrected chi connectivity index (χ3v) is 6.97. The first-order chi connectivity index (χ1) is 14.5. The highest BCUT2D eigenvalue weighted by atomic mass is 19.1. The van der Waals surface area contributed by atoms with Gasteiger partial charge in [0.15, 0.2) is 0 Å². The minimum Gasteiger partial charge on any atom is -0.339 e. The molecule has 0 aromatic heterocycles. The zero-order valence-electron chi connectivity index (χ0n) is 18.1. The van der Waals surface area contributed by atoms with Gasteiger partial charge in [0.1, 0.15) is 5.82 Å². The van der Waals surface area contributed by atoms with Crippen molar-refractivity contribution in [3.8, 4) is 0 Å². The quantitative estimate of drug-likeness (QED) is 0.772. The molecule has 2 fully saturated rings. The summed E-state index contributed by atoms with van der Waals surface area (Å²) in [6, 6.07) is 17.4. The van der Waals surface area contributed by atoms with Gasteiger partial charge in [-0.2, -0.15) is 0 Å². The van der Waals surface area contributed by atoms with Crippen molar-refractivity contribution in [3.63, 3.8) is 0 Å². The fourth-order valence-corrected chi connectivity index (χ4v) is 4.93. The van der Waals surface area contributed by atoms with Gasteiger partial charge >= 0.3 is 0 Å². The Morgan fingerprint density at radius 2 is 1.63 bits per heavy atom. The highest BCUT2D eigenvalue weighted by Crippen LogP contribution is 2.38. The molecule has 160 valence electrons. The normalized spacial score (nSPS) is 22.8. The molecular formula is C25H32FN3O. The van der Waals surface area contributed by atoms with Gasteiger partial charge in [-0.15, -0.1) is 0 Å². The van der Waals surface area contributed by atoms with E-state index in [0.717, 1.165) is 51.1 Å². The average Bonchev–Trinajstić information content (AvgIpc) is 2.77. The second-order valence-corrected chi connectivity index (χ2v) is 9.05. The minimum absolute atomic E-state index is 0.220. The lowest BCUT2D eigenvalue weighted by Crippen LogP contribution is -2.56. The van der Waals surface area contributed by atoms with Gasteiger partial charge in [-0.25, -0.2) is 4.39 Å². The van der Waals surface area contributed by atoms with Crippen LogP contribution in [0, 0.1) is 11.2 Å². The van der Waals surface area contributed by atoms with Crippen molar-refractivity contribution in [2.45, 2.75) is 25.3 Å². The second kappa shape index (κ2) is 8.86. The molecule has 0 unspecified atom stereocenters. The molecule has 0 aliphatic carbocycles. The summed E-state index contributed by atoms with van der Waals surface area (Å²) in [5.74, 6) is 0.0428. The van der Waals surface area contributed by atoms with Crippen LogP contribution in [-0.4, -0.2) is 67.4 Å². The highest BCUT2D eigenvalue weighted by molar-refractivity contribution is 5.83. The molecule has 5 heteroatoms. The van der Waals surface area contributed by atoms with Gasteiger partial charge in [-0.1, -0.05) is 42.5 Å². The topological polar surface area (TPSA) is 26.8 Å². The van der Waals surface area contributed by atoms with E-state index in [4.69, 9.17) is 0 Å². The van der Waals surface area contributed by atoms with Crippen LogP contribution in [0.15, 0.2) is 54.6 Å². The maximum atomic E-state index is 14.0. The first-order valence-electron chi connectivity index (χ1n) is 10.9. The second-order valence-electron chi connectivity index (χ2n) is 9.05. The number of amides is 1. The van der Waals surface area contributed by atoms with Crippen molar-refractivity contribution in [3.05, 3.63) is 71.5 Å². The monoisotopic (exact) mass is 409 g/mol. The van der Waals surface area contributed by atoms with Crippen molar-refractivity contribution >= 4 is 5.91 Å². The van der Waals surface area contributed by atoms with E-state index in [9.17, 15) is 9.18 Å². The van der Waals surface area contributed by atoms with Crippen LogP contribution in [0.1, 0.15) is 30.0 Å². The molecule has 1 amide bonds. The molecule has 0 N–H and O–H groups in total. The molecule has 4 nitrogen and oxygen atoms in total. The van der Waals surface area contributed by atoms with Crippen LogP contribution in [0.25, 0.3) is 0 Å². The first-order valence-corrected chi connectivity index (χ1v) is 10.9.